The van der Waals surface area contributed by atoms with Gasteiger partial charge in [-0.15, -0.1) is 0 Å². The molecule has 0 aliphatic heterocycles. The minimum Gasteiger partial charge on any atom is -0.457 e. The number of hydrogen-bond donors (Lipinski definition) is 6. The second-order valence-corrected chi connectivity index (χ2v) is 18.0. The largest absolute Gasteiger partial charge is 0.472 e. The van der Waals surface area contributed by atoms with Crippen molar-refractivity contribution in [2.24, 2.45) is 0 Å². The summed E-state index contributed by atoms with van der Waals surface area (Å²) >= 11 is 0. The van der Waals surface area contributed by atoms with Crippen LogP contribution in [0.1, 0.15) is 200 Å². The van der Waals surface area contributed by atoms with E-state index in [9.17, 15) is 39.8 Å². The Hall–Kier alpha value is -1.18. The van der Waals surface area contributed by atoms with E-state index in [4.69, 9.17) is 18.5 Å². The number of esters is 1. The molecule has 0 heterocycles. The minimum atomic E-state index is -5.01. The molecule has 6 N–H and O–H groups in total. The summed E-state index contributed by atoms with van der Waals surface area (Å²) in [6.07, 6.45) is 29.8. The molecular weight excluding hydrogens is 775 g/mol. The summed E-state index contributed by atoms with van der Waals surface area (Å²) in [7, 11) is -5.01. The Morgan fingerprint density at radius 1 is 0.525 bits per heavy atom. The summed E-state index contributed by atoms with van der Waals surface area (Å²) in [5.41, 5.74) is 0. The third kappa shape index (κ3) is 29.7. The third-order valence-corrected chi connectivity index (χ3v) is 12.0. The molecule has 0 aromatic heterocycles. The van der Waals surface area contributed by atoms with E-state index in [1.165, 1.54) is 109 Å². The highest BCUT2D eigenvalue weighted by Crippen LogP contribution is 2.47. The fraction of sp³-hybridized carbons (Fsp3) is 0.891. The number of aliphatic hydroxyl groups excluding tert-OH is 5. The van der Waals surface area contributed by atoms with Gasteiger partial charge in [-0.25, -0.2) is 4.57 Å². The molecule has 348 valence electrons. The molecule has 0 spiro atoms. The number of allylic oxidation sites excluding steroid dienone is 4. The number of unbranched alkanes of at least 4 members (excludes halogenated alkanes) is 24. The quantitative estimate of drug-likeness (QED) is 0.0148. The fourth-order valence-corrected chi connectivity index (χ4v) is 8.21. The highest BCUT2D eigenvalue weighted by atomic mass is 31.2. The second-order valence-electron chi connectivity index (χ2n) is 16.6. The summed E-state index contributed by atoms with van der Waals surface area (Å²) in [5, 5.41) is 50.1. The molecule has 13 heteroatoms. The zero-order valence-corrected chi connectivity index (χ0v) is 38.0. The predicted molar refractivity (Wildman–Crippen MR) is 235 cm³/mol. The Balaban J connectivity index is 2.31. The molecule has 1 aliphatic rings. The fourth-order valence-electron chi connectivity index (χ4n) is 7.24. The molecule has 59 heavy (non-hydrogen) atoms. The van der Waals surface area contributed by atoms with E-state index < -0.39 is 63.1 Å². The van der Waals surface area contributed by atoms with Crippen molar-refractivity contribution >= 4 is 13.8 Å². The zero-order valence-electron chi connectivity index (χ0n) is 37.1. The molecule has 1 fully saturated rings. The highest BCUT2D eigenvalue weighted by Gasteiger charge is 2.51. The second kappa shape index (κ2) is 37.4. The standard InChI is InChI=1S/C46H87O12P/c1-3-5-7-9-11-13-15-16-17-18-19-20-21-22-23-24-25-26-28-30-32-34-36-55-37-39(57-40(47)35-33-31-29-27-14-12-10-8-6-4-2)38-56-59(53,54)58-46-44(51)42(49)41(48)43(50)45(46)52/h8,10,18-19,39,41-46,48-52H,3-7,9,11-17,20-38H2,1-2H3,(H,53,54)/b10-8-,19-18-. The van der Waals surface area contributed by atoms with Crippen LogP contribution in [0.4, 0.5) is 0 Å². The molecule has 0 saturated heterocycles. The van der Waals surface area contributed by atoms with E-state index in [0.717, 1.165) is 64.2 Å². The van der Waals surface area contributed by atoms with Crippen LogP contribution in [0.5, 0.6) is 0 Å². The van der Waals surface area contributed by atoms with Crippen molar-refractivity contribution in [3.63, 3.8) is 0 Å². The van der Waals surface area contributed by atoms with Gasteiger partial charge in [0.15, 0.2) is 0 Å². The minimum absolute atomic E-state index is 0.0787. The lowest BCUT2D eigenvalue weighted by atomic mass is 9.85. The van der Waals surface area contributed by atoms with Crippen molar-refractivity contribution in [1.29, 1.82) is 0 Å². The first-order valence-electron chi connectivity index (χ1n) is 23.7. The number of ether oxygens (including phenoxy) is 2. The van der Waals surface area contributed by atoms with Crippen LogP contribution in [-0.4, -0.2) is 98.9 Å². The Bertz CT molecular complexity index is 1070. The third-order valence-electron chi connectivity index (χ3n) is 11.0. The molecule has 6 atom stereocenters. The van der Waals surface area contributed by atoms with Gasteiger partial charge in [0.2, 0.25) is 0 Å². The smallest absolute Gasteiger partial charge is 0.457 e. The summed E-state index contributed by atoms with van der Waals surface area (Å²) in [6, 6.07) is 0. The van der Waals surface area contributed by atoms with Crippen molar-refractivity contribution < 1.29 is 58.3 Å². The van der Waals surface area contributed by atoms with Crippen LogP contribution in [0.2, 0.25) is 0 Å². The van der Waals surface area contributed by atoms with E-state index in [-0.39, 0.29) is 13.0 Å². The number of hydrogen-bond acceptors (Lipinski definition) is 11. The Morgan fingerprint density at radius 2 is 0.932 bits per heavy atom. The highest BCUT2D eigenvalue weighted by molar-refractivity contribution is 7.47. The van der Waals surface area contributed by atoms with E-state index >= 15 is 0 Å². The predicted octanol–water partition coefficient (Wildman–Crippen LogP) is 9.70. The van der Waals surface area contributed by atoms with Crippen LogP contribution in [-0.2, 0) is 27.9 Å². The molecule has 0 radical (unpaired) electrons. The monoisotopic (exact) mass is 863 g/mol. The molecule has 0 amide bonds. The van der Waals surface area contributed by atoms with Gasteiger partial charge in [-0.3, -0.25) is 13.8 Å². The summed E-state index contributed by atoms with van der Waals surface area (Å²) < 4.78 is 34.1. The van der Waals surface area contributed by atoms with Gasteiger partial charge in [0.25, 0.3) is 0 Å². The summed E-state index contributed by atoms with van der Waals surface area (Å²) in [4.78, 5) is 23.1. The Labute approximate surface area is 358 Å². The lowest BCUT2D eigenvalue weighted by molar-refractivity contribution is -0.220. The molecule has 1 saturated carbocycles. The van der Waals surface area contributed by atoms with Crippen LogP contribution < -0.4 is 0 Å². The molecule has 0 aromatic carbocycles. The number of carbonyl (C=O) groups excluding carboxylic acids is 1. The van der Waals surface area contributed by atoms with Crippen LogP contribution >= 0.6 is 7.82 Å². The number of aliphatic hydroxyl groups is 5. The van der Waals surface area contributed by atoms with Crippen molar-refractivity contribution in [2.75, 3.05) is 19.8 Å². The van der Waals surface area contributed by atoms with E-state index in [1.807, 2.05) is 0 Å². The van der Waals surface area contributed by atoms with Crippen LogP contribution in [0.3, 0.4) is 0 Å². The molecule has 12 nitrogen and oxygen atoms in total. The van der Waals surface area contributed by atoms with Gasteiger partial charge in [-0.2, -0.15) is 0 Å². The lowest BCUT2D eigenvalue weighted by Crippen LogP contribution is -2.64. The van der Waals surface area contributed by atoms with Gasteiger partial charge in [0, 0.05) is 13.0 Å². The van der Waals surface area contributed by atoms with Crippen molar-refractivity contribution in [1.82, 2.24) is 0 Å². The molecule has 1 rings (SSSR count). The first kappa shape index (κ1) is 55.8. The number of carbonyl (C=O) groups is 1. The van der Waals surface area contributed by atoms with Crippen molar-refractivity contribution in [2.45, 2.75) is 243 Å². The van der Waals surface area contributed by atoms with Crippen molar-refractivity contribution in [3.05, 3.63) is 24.3 Å². The van der Waals surface area contributed by atoms with Crippen LogP contribution in [0.15, 0.2) is 24.3 Å². The van der Waals surface area contributed by atoms with Gasteiger partial charge < -0.3 is 39.9 Å². The number of phosphoric ester groups is 1. The van der Waals surface area contributed by atoms with Crippen LogP contribution in [0.25, 0.3) is 0 Å². The zero-order chi connectivity index (χ0) is 43.4. The maximum Gasteiger partial charge on any atom is 0.472 e. The molecule has 0 bridgehead atoms. The average Bonchev–Trinajstić information content (AvgIpc) is 3.22. The average molecular weight is 863 g/mol. The summed E-state index contributed by atoms with van der Waals surface area (Å²) in [5.74, 6) is -0.488. The first-order valence-corrected chi connectivity index (χ1v) is 25.2. The van der Waals surface area contributed by atoms with E-state index in [0.29, 0.717) is 13.0 Å². The number of rotatable bonds is 40. The lowest BCUT2D eigenvalue weighted by Gasteiger charge is -2.41. The van der Waals surface area contributed by atoms with Crippen molar-refractivity contribution in [3.8, 4) is 0 Å². The van der Waals surface area contributed by atoms with Gasteiger partial charge in [0.05, 0.1) is 13.2 Å². The van der Waals surface area contributed by atoms with Gasteiger partial charge in [-0.1, -0.05) is 160 Å². The van der Waals surface area contributed by atoms with Crippen LogP contribution in [0, 0.1) is 0 Å². The Morgan fingerprint density at radius 3 is 1.41 bits per heavy atom. The summed E-state index contributed by atoms with van der Waals surface area (Å²) in [6.45, 7) is 4.19. The SMILES string of the molecule is CCC/C=C\CCCCCCCC(=O)OC(COCCCCCCCCCCCC/C=C\CCCCCCCCCC)COP(=O)(O)OC1C(O)C(O)C(O)C(O)C1O. The van der Waals surface area contributed by atoms with Gasteiger partial charge in [-0.05, 0) is 57.8 Å². The first-order chi connectivity index (χ1) is 28.5. The topological polar surface area (TPSA) is 192 Å². The molecule has 0 aromatic rings. The van der Waals surface area contributed by atoms with E-state index in [2.05, 4.69) is 38.2 Å². The molecule has 1 aliphatic carbocycles. The molecular formula is C46H87O12P. The molecule has 6 unspecified atom stereocenters. The normalized spacial score (nSPS) is 22.6. The Kier molecular flexibility index (Phi) is 35.4. The van der Waals surface area contributed by atoms with E-state index in [1.54, 1.807) is 0 Å². The maximum absolute atomic E-state index is 12.8. The van der Waals surface area contributed by atoms with Gasteiger partial charge >= 0.3 is 13.8 Å². The number of phosphoric acid groups is 1. The maximum atomic E-state index is 12.8. The van der Waals surface area contributed by atoms with Gasteiger partial charge in [0.1, 0.15) is 42.7 Å².